The summed E-state index contributed by atoms with van der Waals surface area (Å²) in [5, 5.41) is 18.8. The molecule has 0 bridgehead atoms. The fraction of sp³-hybridized carbons (Fsp3) is 0.150. The average molecular weight is 378 g/mol. The molecule has 0 aliphatic heterocycles. The van der Waals surface area contributed by atoms with Gasteiger partial charge in [0.25, 0.3) is 0 Å². The van der Waals surface area contributed by atoms with Crippen molar-refractivity contribution in [3.8, 4) is 28.8 Å². The third-order valence-electron chi connectivity index (χ3n) is 4.02. The average Bonchev–Trinajstić information content (AvgIpc) is 3.17. The first-order chi connectivity index (χ1) is 13.7. The van der Waals surface area contributed by atoms with Crippen molar-refractivity contribution in [3.63, 3.8) is 0 Å². The van der Waals surface area contributed by atoms with Crippen LogP contribution in [0.25, 0.3) is 22.3 Å². The zero-order chi connectivity index (χ0) is 19.3. The molecule has 142 valence electrons. The standard InChI is InChI=1S/C20H18N4O4/c25-5-6-27-20-4-2-16(10-23-20)28-15-1-3-17-13(7-15)8-18(24-17)19-11-21-14(12-26)9-22-19/h1-4,7-11,24-26H,5-6,12H2. The third kappa shape index (κ3) is 3.93. The Morgan fingerprint density at radius 2 is 1.79 bits per heavy atom. The van der Waals surface area contributed by atoms with Gasteiger partial charge in [-0.1, -0.05) is 0 Å². The Kier molecular flexibility index (Phi) is 5.14. The first kappa shape index (κ1) is 17.9. The summed E-state index contributed by atoms with van der Waals surface area (Å²) < 4.78 is 11.1. The number of aromatic nitrogens is 4. The van der Waals surface area contributed by atoms with Crippen LogP contribution in [0.15, 0.2) is 55.0 Å². The molecule has 0 amide bonds. The van der Waals surface area contributed by atoms with Crippen LogP contribution in [0.2, 0.25) is 0 Å². The molecule has 4 aromatic rings. The number of hydrogen-bond donors (Lipinski definition) is 3. The Bertz CT molecular complexity index is 1060. The summed E-state index contributed by atoms with van der Waals surface area (Å²) in [7, 11) is 0. The lowest BCUT2D eigenvalue weighted by atomic mass is 10.2. The number of benzene rings is 1. The van der Waals surface area contributed by atoms with E-state index in [9.17, 15) is 0 Å². The highest BCUT2D eigenvalue weighted by Crippen LogP contribution is 2.28. The molecule has 3 heterocycles. The molecular weight excluding hydrogens is 360 g/mol. The number of rotatable bonds is 7. The van der Waals surface area contributed by atoms with E-state index in [0.717, 1.165) is 16.6 Å². The normalized spacial score (nSPS) is 10.9. The molecule has 3 aromatic heterocycles. The van der Waals surface area contributed by atoms with Crippen LogP contribution in [0.1, 0.15) is 5.69 Å². The number of aliphatic hydroxyl groups is 2. The lowest BCUT2D eigenvalue weighted by molar-refractivity contribution is 0.196. The van der Waals surface area contributed by atoms with Gasteiger partial charge in [-0.25, -0.2) is 4.98 Å². The maximum absolute atomic E-state index is 9.07. The van der Waals surface area contributed by atoms with Gasteiger partial charge in [-0.3, -0.25) is 9.97 Å². The fourth-order valence-electron chi connectivity index (χ4n) is 2.69. The SMILES string of the molecule is OCCOc1ccc(Oc2ccc3[nH]c(-c4cnc(CO)cn4)cc3c2)cn1. The van der Waals surface area contributed by atoms with E-state index in [1.807, 2.05) is 24.3 Å². The highest BCUT2D eigenvalue weighted by atomic mass is 16.5. The number of nitrogens with one attached hydrogen (secondary N) is 1. The summed E-state index contributed by atoms with van der Waals surface area (Å²) in [6, 6.07) is 11.1. The molecule has 0 aliphatic carbocycles. The number of pyridine rings is 1. The number of fused-ring (bicyclic) bond motifs is 1. The van der Waals surface area contributed by atoms with E-state index in [1.54, 1.807) is 30.7 Å². The van der Waals surface area contributed by atoms with E-state index in [2.05, 4.69) is 19.9 Å². The minimum absolute atomic E-state index is 0.0598. The van der Waals surface area contributed by atoms with Gasteiger partial charge in [0.05, 0.1) is 43.2 Å². The highest BCUT2D eigenvalue weighted by Gasteiger charge is 2.07. The van der Waals surface area contributed by atoms with Crippen molar-refractivity contribution in [2.24, 2.45) is 0 Å². The molecule has 8 heteroatoms. The molecule has 0 aliphatic rings. The van der Waals surface area contributed by atoms with Crippen molar-refractivity contribution in [2.45, 2.75) is 6.61 Å². The van der Waals surface area contributed by atoms with Gasteiger partial charge in [0.1, 0.15) is 23.8 Å². The van der Waals surface area contributed by atoms with Crippen molar-refractivity contribution in [2.75, 3.05) is 13.2 Å². The Balaban J connectivity index is 1.52. The number of nitrogens with zero attached hydrogens (tertiary/aromatic N) is 3. The molecule has 28 heavy (non-hydrogen) atoms. The van der Waals surface area contributed by atoms with Crippen molar-refractivity contribution in [1.29, 1.82) is 0 Å². The van der Waals surface area contributed by atoms with Gasteiger partial charge in [0, 0.05) is 17.0 Å². The Morgan fingerprint density at radius 1 is 0.893 bits per heavy atom. The molecule has 0 saturated carbocycles. The predicted octanol–water partition coefficient (Wildman–Crippen LogP) is 2.68. The third-order valence-corrected chi connectivity index (χ3v) is 4.02. The van der Waals surface area contributed by atoms with Crippen molar-refractivity contribution >= 4 is 10.9 Å². The molecule has 3 N–H and O–H groups in total. The van der Waals surface area contributed by atoms with Crippen molar-refractivity contribution < 1.29 is 19.7 Å². The molecule has 0 unspecified atom stereocenters. The van der Waals surface area contributed by atoms with Gasteiger partial charge in [0.15, 0.2) is 0 Å². The van der Waals surface area contributed by atoms with Gasteiger partial charge in [-0.15, -0.1) is 0 Å². The Hall–Kier alpha value is -3.49. The van der Waals surface area contributed by atoms with Gasteiger partial charge < -0.3 is 24.7 Å². The number of hydrogen-bond acceptors (Lipinski definition) is 7. The summed E-state index contributed by atoms with van der Waals surface area (Å²) in [6.07, 6.45) is 4.74. The van der Waals surface area contributed by atoms with Crippen molar-refractivity contribution in [1.82, 2.24) is 19.9 Å². The molecule has 0 fully saturated rings. The zero-order valence-corrected chi connectivity index (χ0v) is 14.9. The Morgan fingerprint density at radius 3 is 2.50 bits per heavy atom. The molecule has 0 radical (unpaired) electrons. The minimum atomic E-state index is -0.135. The molecule has 1 aromatic carbocycles. The lowest BCUT2D eigenvalue weighted by Gasteiger charge is -2.07. The number of aromatic amines is 1. The van der Waals surface area contributed by atoms with E-state index in [4.69, 9.17) is 19.7 Å². The van der Waals surface area contributed by atoms with Gasteiger partial charge >= 0.3 is 0 Å². The first-order valence-electron chi connectivity index (χ1n) is 8.67. The second-order valence-electron chi connectivity index (χ2n) is 5.99. The predicted molar refractivity (Wildman–Crippen MR) is 102 cm³/mol. The van der Waals surface area contributed by atoms with Gasteiger partial charge in [-0.05, 0) is 30.3 Å². The summed E-state index contributed by atoms with van der Waals surface area (Å²) in [5.74, 6) is 1.68. The van der Waals surface area contributed by atoms with Gasteiger partial charge in [0.2, 0.25) is 5.88 Å². The van der Waals surface area contributed by atoms with Crippen LogP contribution in [0.4, 0.5) is 0 Å². The Labute approximate surface area is 160 Å². The van der Waals surface area contributed by atoms with E-state index in [-0.39, 0.29) is 19.8 Å². The molecule has 0 spiro atoms. The summed E-state index contributed by atoms with van der Waals surface area (Å²) >= 11 is 0. The monoisotopic (exact) mass is 378 g/mol. The maximum atomic E-state index is 9.07. The second kappa shape index (κ2) is 8.03. The quantitative estimate of drug-likeness (QED) is 0.453. The smallest absolute Gasteiger partial charge is 0.213 e. The van der Waals surface area contributed by atoms with Crippen LogP contribution < -0.4 is 9.47 Å². The number of aliphatic hydroxyl groups excluding tert-OH is 2. The van der Waals surface area contributed by atoms with E-state index in [1.165, 1.54) is 0 Å². The van der Waals surface area contributed by atoms with Crippen LogP contribution in [0.5, 0.6) is 17.4 Å². The largest absolute Gasteiger partial charge is 0.475 e. The highest BCUT2D eigenvalue weighted by molar-refractivity contribution is 5.86. The fourth-order valence-corrected chi connectivity index (χ4v) is 2.69. The van der Waals surface area contributed by atoms with Crippen LogP contribution in [0, 0.1) is 0 Å². The molecule has 0 atom stereocenters. The van der Waals surface area contributed by atoms with Crippen LogP contribution in [-0.4, -0.2) is 43.4 Å². The van der Waals surface area contributed by atoms with E-state index in [0.29, 0.717) is 28.8 Å². The molecule has 8 nitrogen and oxygen atoms in total. The van der Waals surface area contributed by atoms with E-state index >= 15 is 0 Å². The lowest BCUT2D eigenvalue weighted by Crippen LogP contribution is -2.02. The summed E-state index contributed by atoms with van der Waals surface area (Å²) in [4.78, 5) is 15.9. The molecule has 4 rings (SSSR count). The second-order valence-corrected chi connectivity index (χ2v) is 5.99. The van der Waals surface area contributed by atoms with Crippen LogP contribution in [0.3, 0.4) is 0 Å². The number of H-pyrrole nitrogens is 1. The zero-order valence-electron chi connectivity index (χ0n) is 14.9. The van der Waals surface area contributed by atoms with Crippen LogP contribution >= 0.6 is 0 Å². The molecule has 0 saturated heterocycles. The topological polar surface area (TPSA) is 113 Å². The molecular formula is C20H18N4O4. The van der Waals surface area contributed by atoms with Gasteiger partial charge in [-0.2, -0.15) is 0 Å². The first-order valence-corrected chi connectivity index (χ1v) is 8.67. The maximum Gasteiger partial charge on any atom is 0.213 e. The summed E-state index contributed by atoms with van der Waals surface area (Å²) in [5.41, 5.74) is 2.99. The van der Waals surface area contributed by atoms with E-state index < -0.39 is 0 Å². The van der Waals surface area contributed by atoms with Crippen molar-refractivity contribution in [3.05, 3.63) is 60.7 Å². The van der Waals surface area contributed by atoms with Crippen LogP contribution in [-0.2, 0) is 6.61 Å². The summed E-state index contributed by atoms with van der Waals surface area (Å²) in [6.45, 7) is 0.00658. The number of ether oxygens (including phenoxy) is 2. The minimum Gasteiger partial charge on any atom is -0.475 e.